The van der Waals surface area contributed by atoms with Gasteiger partial charge in [-0.2, -0.15) is 5.10 Å². The number of aromatic amines is 1. The minimum absolute atomic E-state index is 0.123. The highest BCUT2D eigenvalue weighted by Crippen LogP contribution is 2.40. The lowest BCUT2D eigenvalue weighted by Crippen LogP contribution is -2.43. The first-order valence-corrected chi connectivity index (χ1v) is 17.7. The van der Waals surface area contributed by atoms with Crippen LogP contribution >= 0.6 is 0 Å². The first kappa shape index (κ1) is 36.5. The number of H-pyrrole nitrogens is 1. The lowest BCUT2D eigenvalue weighted by Gasteiger charge is -2.30. The zero-order valence-corrected chi connectivity index (χ0v) is 30.4. The molecule has 12 heteroatoms. The number of halogens is 2. The fourth-order valence-corrected chi connectivity index (χ4v) is 6.89. The van der Waals surface area contributed by atoms with Crippen LogP contribution in [-0.4, -0.2) is 44.0 Å². The molecule has 4 bridgehead atoms. The Morgan fingerprint density at radius 1 is 1.06 bits per heavy atom. The van der Waals surface area contributed by atoms with Crippen LogP contribution in [0.4, 0.5) is 13.6 Å². The largest absolute Gasteiger partial charge is 0.466 e. The number of hydrogen-bond acceptors (Lipinski definition) is 7. The molecule has 5 aromatic rings. The lowest BCUT2D eigenvalue weighted by atomic mass is 9.76. The Kier molecular flexibility index (Phi) is 10.4. The van der Waals surface area contributed by atoms with Crippen molar-refractivity contribution in [3.8, 4) is 22.9 Å². The number of nitrogens with one attached hydrogen (secondary N) is 2. The standard InChI is InChI=1S/C40H45F2N5O5/c1-7-50-36(48)24(2)19-25-11-10-12-26(20-25)40(5)17-9-8-16-39(3,4)45-38(49)51-23-30-28-15-18-43-33(28)22-32(42)34(30)52-27-13-14-31(41)29(21-27)35-44-37(40)46-47(35)6/h10-15,18,20-22,24,43H,7-9,16-17,19,23H2,1-6H3,(H,45,49). The van der Waals surface area contributed by atoms with E-state index in [1.165, 1.54) is 24.3 Å². The molecule has 1 aliphatic rings. The normalized spacial score (nSPS) is 18.5. The van der Waals surface area contributed by atoms with E-state index in [1.54, 1.807) is 30.9 Å². The summed E-state index contributed by atoms with van der Waals surface area (Å²) >= 11 is 0. The van der Waals surface area contributed by atoms with Crippen LogP contribution in [0.15, 0.2) is 60.8 Å². The molecule has 52 heavy (non-hydrogen) atoms. The number of fused-ring (bicyclic) bond motifs is 8. The Bertz CT molecular complexity index is 2110. The van der Waals surface area contributed by atoms with E-state index >= 15 is 8.78 Å². The van der Waals surface area contributed by atoms with Gasteiger partial charge in [-0.25, -0.2) is 23.2 Å². The molecular weight excluding hydrogens is 668 g/mol. The maximum absolute atomic E-state index is 15.7. The quantitative estimate of drug-likeness (QED) is 0.175. The second-order valence-corrected chi connectivity index (χ2v) is 14.4. The second-order valence-electron chi connectivity index (χ2n) is 14.4. The number of esters is 1. The highest BCUT2D eigenvalue weighted by atomic mass is 19.1. The van der Waals surface area contributed by atoms with Crippen LogP contribution in [0.2, 0.25) is 0 Å². The van der Waals surface area contributed by atoms with E-state index in [1.807, 2.05) is 39.0 Å². The van der Waals surface area contributed by atoms with Crippen molar-refractivity contribution in [1.29, 1.82) is 0 Å². The number of hydrogen-bond donors (Lipinski definition) is 2. The molecule has 6 rings (SSSR count). The number of rotatable bonds is 5. The van der Waals surface area contributed by atoms with E-state index < -0.39 is 28.7 Å². The number of carbonyl (C=O) groups excluding carboxylic acids is 2. The first-order chi connectivity index (χ1) is 24.8. The molecule has 2 aromatic heterocycles. The summed E-state index contributed by atoms with van der Waals surface area (Å²) in [6.45, 7) is 9.63. The second kappa shape index (κ2) is 14.8. The average Bonchev–Trinajstić information content (AvgIpc) is 3.73. The molecule has 1 amide bonds. The number of aromatic nitrogens is 4. The van der Waals surface area contributed by atoms with Crippen LogP contribution in [0.3, 0.4) is 0 Å². The topological polar surface area (TPSA) is 120 Å². The molecule has 0 spiro atoms. The molecule has 0 fully saturated rings. The summed E-state index contributed by atoms with van der Waals surface area (Å²) in [7, 11) is 1.71. The van der Waals surface area contributed by atoms with Gasteiger partial charge in [0.25, 0.3) is 0 Å². The average molecular weight is 714 g/mol. The smallest absolute Gasteiger partial charge is 0.407 e. The minimum atomic E-state index is -0.715. The zero-order valence-electron chi connectivity index (χ0n) is 30.4. The summed E-state index contributed by atoms with van der Waals surface area (Å²) in [5.74, 6) is -1.03. The molecule has 2 unspecified atom stereocenters. The highest BCUT2D eigenvalue weighted by Gasteiger charge is 2.35. The zero-order chi connectivity index (χ0) is 37.2. The van der Waals surface area contributed by atoms with Crippen LogP contribution in [0.1, 0.15) is 82.8 Å². The van der Waals surface area contributed by atoms with Crippen molar-refractivity contribution in [3.63, 3.8) is 0 Å². The molecule has 1 aliphatic heterocycles. The summed E-state index contributed by atoms with van der Waals surface area (Å²) in [6, 6.07) is 15.2. The fourth-order valence-electron chi connectivity index (χ4n) is 6.89. The number of alkyl carbamates (subject to hydrolysis) is 1. The van der Waals surface area contributed by atoms with Crippen molar-refractivity contribution in [2.75, 3.05) is 6.61 Å². The van der Waals surface area contributed by atoms with Crippen molar-refractivity contribution in [2.45, 2.75) is 84.3 Å². The van der Waals surface area contributed by atoms with Gasteiger partial charge in [0.1, 0.15) is 18.2 Å². The summed E-state index contributed by atoms with van der Waals surface area (Å²) < 4.78 is 49.9. The Morgan fingerprint density at radius 2 is 1.85 bits per heavy atom. The lowest BCUT2D eigenvalue weighted by molar-refractivity contribution is -0.147. The molecule has 274 valence electrons. The van der Waals surface area contributed by atoms with E-state index in [-0.39, 0.29) is 41.4 Å². The van der Waals surface area contributed by atoms with Crippen LogP contribution < -0.4 is 10.1 Å². The van der Waals surface area contributed by atoms with Gasteiger partial charge in [-0.05, 0) is 82.3 Å². The Balaban J connectivity index is 1.44. The first-order valence-electron chi connectivity index (χ1n) is 17.7. The molecule has 0 saturated heterocycles. The molecule has 0 saturated carbocycles. The van der Waals surface area contributed by atoms with Gasteiger partial charge in [0.15, 0.2) is 23.2 Å². The highest BCUT2D eigenvalue weighted by molar-refractivity contribution is 5.86. The molecule has 2 N–H and O–H groups in total. The van der Waals surface area contributed by atoms with Gasteiger partial charge in [0.05, 0.1) is 23.5 Å². The van der Waals surface area contributed by atoms with E-state index in [0.29, 0.717) is 48.2 Å². The van der Waals surface area contributed by atoms with Gasteiger partial charge >= 0.3 is 12.1 Å². The van der Waals surface area contributed by atoms with Crippen LogP contribution in [-0.2, 0) is 39.8 Å². The summed E-state index contributed by atoms with van der Waals surface area (Å²) in [6.07, 6.45) is 4.31. The van der Waals surface area contributed by atoms with E-state index in [9.17, 15) is 9.59 Å². The van der Waals surface area contributed by atoms with Crippen LogP contribution in [0.5, 0.6) is 11.5 Å². The Morgan fingerprint density at radius 3 is 2.63 bits per heavy atom. The van der Waals surface area contributed by atoms with Crippen molar-refractivity contribution >= 4 is 23.0 Å². The molecular formula is C40H45F2N5O5. The molecule has 0 aliphatic carbocycles. The number of nitrogens with zero attached hydrogens (tertiary/aromatic N) is 3. The predicted molar refractivity (Wildman–Crippen MR) is 193 cm³/mol. The predicted octanol–water partition coefficient (Wildman–Crippen LogP) is 8.66. The summed E-state index contributed by atoms with van der Waals surface area (Å²) in [4.78, 5) is 33.5. The van der Waals surface area contributed by atoms with Crippen molar-refractivity contribution in [1.82, 2.24) is 25.1 Å². The number of amides is 1. The van der Waals surface area contributed by atoms with E-state index in [2.05, 4.69) is 23.3 Å². The molecule has 3 aromatic carbocycles. The third-order valence-corrected chi connectivity index (χ3v) is 9.83. The van der Waals surface area contributed by atoms with Crippen LogP contribution in [0, 0.1) is 17.6 Å². The molecule has 2 atom stereocenters. The maximum atomic E-state index is 15.7. The third-order valence-electron chi connectivity index (χ3n) is 9.83. The van der Waals surface area contributed by atoms with E-state index in [4.69, 9.17) is 24.3 Å². The molecule has 10 nitrogen and oxygen atoms in total. The van der Waals surface area contributed by atoms with Crippen molar-refractivity contribution < 1.29 is 32.6 Å². The molecule has 3 heterocycles. The van der Waals surface area contributed by atoms with Gasteiger partial charge in [0.2, 0.25) is 0 Å². The van der Waals surface area contributed by atoms with Gasteiger partial charge in [0, 0.05) is 41.3 Å². The molecule has 0 radical (unpaired) electrons. The Labute approximate surface area is 301 Å². The summed E-state index contributed by atoms with van der Waals surface area (Å²) in [5, 5.41) is 8.43. The van der Waals surface area contributed by atoms with Crippen molar-refractivity contribution in [2.24, 2.45) is 13.0 Å². The number of carbonyl (C=O) groups is 2. The number of aryl methyl sites for hydroxylation is 1. The van der Waals surface area contributed by atoms with Gasteiger partial charge in [-0.15, -0.1) is 0 Å². The van der Waals surface area contributed by atoms with Gasteiger partial charge in [-0.3, -0.25) is 4.79 Å². The SMILES string of the molecule is CCOC(=O)C(C)Cc1cccc(C2(C)CCCCC(C)(C)NC(=O)OCc3c(c(F)cc4[nH]ccc34)Oc3ccc(F)c(c3)-c3nc2nn3C)c1. The minimum Gasteiger partial charge on any atom is -0.466 e. The third kappa shape index (κ3) is 7.66. The van der Waals surface area contributed by atoms with Crippen LogP contribution in [0.25, 0.3) is 22.3 Å². The number of benzene rings is 3. The number of ether oxygens (including phenoxy) is 3. The number of cyclic esters (lactones) is 1. The Hall–Kier alpha value is -5.26. The fraction of sp³-hybridized carbons (Fsp3) is 0.400. The van der Waals surface area contributed by atoms with Crippen molar-refractivity contribution in [3.05, 3.63) is 94.9 Å². The summed E-state index contributed by atoms with van der Waals surface area (Å²) in [5.41, 5.74) is 1.54. The van der Waals surface area contributed by atoms with E-state index in [0.717, 1.165) is 24.0 Å². The monoisotopic (exact) mass is 713 g/mol. The van der Waals surface area contributed by atoms with Gasteiger partial charge in [-0.1, -0.05) is 44.0 Å². The van der Waals surface area contributed by atoms with Gasteiger partial charge < -0.3 is 24.5 Å². The maximum Gasteiger partial charge on any atom is 0.407 e.